The van der Waals surface area contributed by atoms with Gasteiger partial charge in [-0.25, -0.2) is 0 Å². The number of benzene rings is 1. The van der Waals surface area contributed by atoms with Crippen molar-refractivity contribution in [1.82, 2.24) is 14.7 Å². The molecule has 0 unspecified atom stereocenters. The van der Waals surface area contributed by atoms with Gasteiger partial charge in [0.2, 0.25) is 0 Å². The van der Waals surface area contributed by atoms with Crippen LogP contribution in [0.1, 0.15) is 56.1 Å². The molecule has 1 aromatic carbocycles. The number of hydrogen-bond acceptors (Lipinski definition) is 3. The van der Waals surface area contributed by atoms with E-state index in [1.54, 1.807) is 0 Å². The van der Waals surface area contributed by atoms with Crippen LogP contribution < -0.4 is 0 Å². The first-order valence-electron chi connectivity index (χ1n) is 9.52. The zero-order chi connectivity index (χ0) is 17.8. The van der Waals surface area contributed by atoms with Crippen molar-refractivity contribution in [2.24, 2.45) is 7.05 Å². The first kappa shape index (κ1) is 18.2. The molecule has 3 rings (SSSR count). The third-order valence-corrected chi connectivity index (χ3v) is 5.18. The van der Waals surface area contributed by atoms with E-state index >= 15 is 0 Å². The van der Waals surface area contributed by atoms with Crippen molar-refractivity contribution in [3.8, 4) is 11.3 Å². The number of hydrogen-bond donors (Lipinski definition) is 1. The van der Waals surface area contributed by atoms with Crippen LogP contribution in [0.5, 0.6) is 0 Å². The number of aliphatic hydroxyl groups is 1. The van der Waals surface area contributed by atoms with Gasteiger partial charge in [-0.1, -0.05) is 43.5 Å². The molecule has 0 spiro atoms. The van der Waals surface area contributed by atoms with E-state index in [2.05, 4.69) is 40.5 Å². The summed E-state index contributed by atoms with van der Waals surface area (Å²) in [6.07, 6.45) is 8.56. The second kappa shape index (κ2) is 8.15. The molecule has 1 N–H and O–H groups in total. The zero-order valence-electron chi connectivity index (χ0n) is 15.8. The van der Waals surface area contributed by atoms with E-state index in [0.717, 1.165) is 18.2 Å². The van der Waals surface area contributed by atoms with Crippen molar-refractivity contribution in [2.75, 3.05) is 13.6 Å². The third kappa shape index (κ3) is 4.71. The molecule has 0 saturated heterocycles. The molecule has 0 amide bonds. The zero-order valence-corrected chi connectivity index (χ0v) is 15.8. The van der Waals surface area contributed by atoms with E-state index in [-0.39, 0.29) is 6.10 Å². The topological polar surface area (TPSA) is 41.3 Å². The Bertz CT molecular complexity index is 669. The third-order valence-electron chi connectivity index (χ3n) is 5.18. The van der Waals surface area contributed by atoms with Crippen molar-refractivity contribution in [3.05, 3.63) is 41.6 Å². The van der Waals surface area contributed by atoms with E-state index in [0.29, 0.717) is 6.54 Å². The maximum atomic E-state index is 9.58. The highest BCUT2D eigenvalue weighted by Crippen LogP contribution is 2.33. The number of aromatic nitrogens is 2. The highest BCUT2D eigenvalue weighted by Gasteiger charge is 2.17. The Morgan fingerprint density at radius 1 is 1.20 bits per heavy atom. The SMILES string of the molecule is C[C@H](O)CN(C)Cc1cn(C)nc1-c1ccc(C2CCCCC2)cc1. The number of aliphatic hydroxyl groups excluding tert-OH is 1. The van der Waals surface area contributed by atoms with Gasteiger partial charge < -0.3 is 5.11 Å². The molecule has 0 radical (unpaired) electrons. The molecule has 1 atom stereocenters. The quantitative estimate of drug-likeness (QED) is 0.865. The van der Waals surface area contributed by atoms with Gasteiger partial charge in [-0.15, -0.1) is 0 Å². The monoisotopic (exact) mass is 341 g/mol. The molecule has 25 heavy (non-hydrogen) atoms. The second-order valence-corrected chi connectivity index (χ2v) is 7.68. The summed E-state index contributed by atoms with van der Waals surface area (Å²) < 4.78 is 1.88. The van der Waals surface area contributed by atoms with E-state index in [1.807, 2.05) is 25.7 Å². The van der Waals surface area contributed by atoms with Gasteiger partial charge in [-0.2, -0.15) is 5.10 Å². The van der Waals surface area contributed by atoms with Crippen LogP contribution >= 0.6 is 0 Å². The van der Waals surface area contributed by atoms with Crippen LogP contribution in [-0.4, -0.2) is 39.5 Å². The van der Waals surface area contributed by atoms with Gasteiger partial charge >= 0.3 is 0 Å². The van der Waals surface area contributed by atoms with E-state index in [1.165, 1.54) is 48.8 Å². The van der Waals surface area contributed by atoms with Crippen molar-refractivity contribution >= 4 is 0 Å². The number of aryl methyl sites for hydroxylation is 1. The van der Waals surface area contributed by atoms with Gasteiger partial charge in [0.15, 0.2) is 0 Å². The van der Waals surface area contributed by atoms with Crippen LogP contribution in [0.2, 0.25) is 0 Å². The molecular weight excluding hydrogens is 310 g/mol. The van der Waals surface area contributed by atoms with Gasteiger partial charge in [0.05, 0.1) is 11.8 Å². The molecule has 0 aliphatic heterocycles. The fourth-order valence-corrected chi connectivity index (χ4v) is 4.05. The van der Waals surface area contributed by atoms with Crippen LogP contribution in [-0.2, 0) is 13.6 Å². The molecule has 2 aromatic rings. The van der Waals surface area contributed by atoms with Gasteiger partial charge in [-0.3, -0.25) is 9.58 Å². The Morgan fingerprint density at radius 3 is 2.52 bits per heavy atom. The van der Waals surface area contributed by atoms with Crippen LogP contribution in [0.25, 0.3) is 11.3 Å². The van der Waals surface area contributed by atoms with Crippen molar-refractivity contribution < 1.29 is 5.11 Å². The second-order valence-electron chi connectivity index (χ2n) is 7.68. The minimum atomic E-state index is -0.320. The standard InChI is InChI=1S/C21H31N3O/c1-16(25)13-23(2)14-20-15-24(3)22-21(20)19-11-9-18(10-12-19)17-7-5-4-6-8-17/h9-12,15-17,25H,4-8,13-14H2,1-3H3/t16-/m0/s1. The Morgan fingerprint density at radius 2 is 1.88 bits per heavy atom. The van der Waals surface area contributed by atoms with Crippen molar-refractivity contribution in [1.29, 1.82) is 0 Å². The molecule has 1 saturated carbocycles. The molecule has 1 aliphatic rings. The van der Waals surface area contributed by atoms with Crippen molar-refractivity contribution in [3.63, 3.8) is 0 Å². The van der Waals surface area contributed by atoms with Crippen LogP contribution in [0, 0.1) is 0 Å². The van der Waals surface area contributed by atoms with Crippen LogP contribution in [0.3, 0.4) is 0 Å². The summed E-state index contributed by atoms with van der Waals surface area (Å²) in [5.41, 5.74) is 4.92. The van der Waals surface area contributed by atoms with E-state index in [4.69, 9.17) is 0 Å². The Hall–Kier alpha value is -1.65. The Kier molecular flexibility index (Phi) is 5.92. The predicted molar refractivity (Wildman–Crippen MR) is 102 cm³/mol. The van der Waals surface area contributed by atoms with Gasteiger partial charge in [0.1, 0.15) is 0 Å². The lowest BCUT2D eigenvalue weighted by Gasteiger charge is -2.22. The summed E-state index contributed by atoms with van der Waals surface area (Å²) in [5.74, 6) is 0.739. The lowest BCUT2D eigenvalue weighted by molar-refractivity contribution is 0.138. The number of nitrogens with zero attached hydrogens (tertiary/aromatic N) is 3. The van der Waals surface area contributed by atoms with Crippen molar-refractivity contribution in [2.45, 2.75) is 57.6 Å². The highest BCUT2D eigenvalue weighted by atomic mass is 16.3. The molecular formula is C21H31N3O. The van der Waals surface area contributed by atoms with Gasteiger partial charge in [0, 0.05) is 37.5 Å². The minimum absolute atomic E-state index is 0.320. The fraction of sp³-hybridized carbons (Fsp3) is 0.571. The lowest BCUT2D eigenvalue weighted by atomic mass is 9.84. The highest BCUT2D eigenvalue weighted by molar-refractivity contribution is 5.63. The fourth-order valence-electron chi connectivity index (χ4n) is 4.05. The molecule has 4 nitrogen and oxygen atoms in total. The molecule has 1 aromatic heterocycles. The molecule has 1 fully saturated rings. The number of rotatable bonds is 6. The molecule has 136 valence electrons. The largest absolute Gasteiger partial charge is 0.392 e. The molecule has 1 aliphatic carbocycles. The predicted octanol–water partition coefficient (Wildman–Crippen LogP) is 3.95. The molecule has 0 bridgehead atoms. The number of likely N-dealkylation sites (N-methyl/N-ethyl adjacent to an activating group) is 1. The van der Waals surface area contributed by atoms with Crippen LogP contribution in [0.4, 0.5) is 0 Å². The first-order chi connectivity index (χ1) is 12.0. The maximum absolute atomic E-state index is 9.58. The average Bonchev–Trinajstić information content (AvgIpc) is 2.95. The normalized spacial score (nSPS) is 17.2. The van der Waals surface area contributed by atoms with Crippen LogP contribution in [0.15, 0.2) is 30.5 Å². The van der Waals surface area contributed by atoms with E-state index in [9.17, 15) is 5.11 Å². The first-order valence-corrected chi connectivity index (χ1v) is 9.52. The lowest BCUT2D eigenvalue weighted by Crippen LogP contribution is -2.26. The summed E-state index contributed by atoms with van der Waals surface area (Å²) in [7, 11) is 4.01. The molecule has 1 heterocycles. The summed E-state index contributed by atoms with van der Waals surface area (Å²) in [6, 6.07) is 9.04. The van der Waals surface area contributed by atoms with Gasteiger partial charge in [0.25, 0.3) is 0 Å². The Balaban J connectivity index is 1.77. The summed E-state index contributed by atoms with van der Waals surface area (Å²) in [4.78, 5) is 2.14. The maximum Gasteiger partial charge on any atom is 0.0968 e. The average molecular weight is 341 g/mol. The van der Waals surface area contributed by atoms with E-state index < -0.39 is 0 Å². The summed E-state index contributed by atoms with van der Waals surface area (Å²) in [6.45, 7) is 3.28. The smallest absolute Gasteiger partial charge is 0.0968 e. The summed E-state index contributed by atoms with van der Waals surface area (Å²) >= 11 is 0. The summed E-state index contributed by atoms with van der Waals surface area (Å²) in [5, 5.41) is 14.3. The Labute approximate surface area is 151 Å². The minimum Gasteiger partial charge on any atom is -0.392 e. The van der Waals surface area contributed by atoms with Gasteiger partial charge in [-0.05, 0) is 38.3 Å². The molecule has 4 heteroatoms.